The molecule has 0 aromatic heterocycles. The van der Waals surface area contributed by atoms with Gasteiger partial charge in [0.25, 0.3) is 0 Å². The largest absolute Gasteiger partial charge is 0.398 e. The van der Waals surface area contributed by atoms with Crippen LogP contribution in [0.25, 0.3) is 0 Å². The van der Waals surface area contributed by atoms with Gasteiger partial charge in [0.1, 0.15) is 0 Å². The first kappa shape index (κ1) is 13.0. The van der Waals surface area contributed by atoms with Crippen molar-refractivity contribution in [3.63, 3.8) is 0 Å². The first-order chi connectivity index (χ1) is 7.33. The molecule has 0 spiro atoms. The van der Waals surface area contributed by atoms with Crippen molar-refractivity contribution in [2.45, 2.75) is 11.8 Å². The van der Waals surface area contributed by atoms with Crippen LogP contribution in [-0.4, -0.2) is 15.0 Å². The topological polar surface area (TPSA) is 72.2 Å². The van der Waals surface area contributed by atoms with Crippen LogP contribution in [0.4, 0.5) is 5.69 Å². The van der Waals surface area contributed by atoms with E-state index in [0.717, 1.165) is 5.56 Å². The Bertz CT molecular complexity index is 512. The van der Waals surface area contributed by atoms with Gasteiger partial charge in [0.2, 0.25) is 10.0 Å². The lowest BCUT2D eigenvalue weighted by Gasteiger charge is -2.07. The second-order valence-corrected chi connectivity index (χ2v) is 5.66. The minimum absolute atomic E-state index is 0.00231. The highest BCUT2D eigenvalue weighted by Gasteiger charge is 2.14. The molecule has 0 atom stereocenters. The standard InChI is InChI=1S/C10H13ClN2O2S/c1-7-3-4-9(5-10(7)12)16(14,15)13-6-8(2)11/h3-5,13H,2,6,12H2,1H3. The Morgan fingerprint density at radius 2 is 2.19 bits per heavy atom. The lowest BCUT2D eigenvalue weighted by molar-refractivity contribution is 0.585. The van der Waals surface area contributed by atoms with Crippen LogP contribution >= 0.6 is 11.6 Å². The number of nitrogen functional groups attached to an aromatic ring is 1. The molecule has 0 unspecified atom stereocenters. The Hall–Kier alpha value is -1.04. The fraction of sp³-hybridized carbons (Fsp3) is 0.200. The van der Waals surface area contributed by atoms with Gasteiger partial charge in [-0.1, -0.05) is 24.2 Å². The highest BCUT2D eigenvalue weighted by atomic mass is 35.5. The van der Waals surface area contributed by atoms with Gasteiger partial charge >= 0.3 is 0 Å². The maximum atomic E-state index is 11.7. The number of sulfonamides is 1. The van der Waals surface area contributed by atoms with Gasteiger partial charge in [-0.25, -0.2) is 13.1 Å². The molecule has 0 amide bonds. The number of aryl methyl sites for hydroxylation is 1. The summed E-state index contributed by atoms with van der Waals surface area (Å²) in [6, 6.07) is 4.55. The van der Waals surface area contributed by atoms with E-state index < -0.39 is 10.0 Å². The number of benzene rings is 1. The molecule has 1 aromatic rings. The molecular weight excluding hydrogens is 248 g/mol. The number of nitrogens with two attached hydrogens (primary N) is 1. The molecule has 0 fully saturated rings. The molecule has 1 rings (SSSR count). The van der Waals surface area contributed by atoms with Crippen LogP contribution in [0.15, 0.2) is 34.7 Å². The molecule has 16 heavy (non-hydrogen) atoms. The number of halogens is 1. The lowest BCUT2D eigenvalue weighted by Crippen LogP contribution is -2.24. The fourth-order valence-corrected chi connectivity index (χ4v) is 2.25. The molecule has 88 valence electrons. The minimum atomic E-state index is -3.57. The summed E-state index contributed by atoms with van der Waals surface area (Å²) in [5.41, 5.74) is 6.91. The summed E-state index contributed by atoms with van der Waals surface area (Å²) >= 11 is 5.48. The van der Waals surface area contributed by atoms with Crippen LogP contribution < -0.4 is 10.5 Å². The van der Waals surface area contributed by atoms with Crippen molar-refractivity contribution in [3.8, 4) is 0 Å². The number of anilines is 1. The summed E-state index contributed by atoms with van der Waals surface area (Å²) in [7, 11) is -3.57. The third-order valence-electron chi connectivity index (χ3n) is 2.02. The normalized spacial score (nSPS) is 11.4. The predicted octanol–water partition coefficient (Wildman–Crippen LogP) is 1.61. The molecule has 0 saturated carbocycles. The third-order valence-corrected chi connectivity index (χ3v) is 3.55. The molecule has 0 radical (unpaired) electrons. The van der Waals surface area contributed by atoms with Crippen molar-refractivity contribution in [1.29, 1.82) is 0 Å². The Labute approximate surface area is 100 Å². The number of rotatable bonds is 4. The van der Waals surface area contributed by atoms with Gasteiger partial charge in [-0.2, -0.15) is 0 Å². The molecule has 0 aliphatic carbocycles. The molecule has 0 bridgehead atoms. The molecule has 0 aliphatic heterocycles. The van der Waals surface area contributed by atoms with E-state index in [4.69, 9.17) is 17.3 Å². The number of hydrogen-bond donors (Lipinski definition) is 2. The number of hydrogen-bond acceptors (Lipinski definition) is 3. The first-order valence-corrected chi connectivity index (χ1v) is 6.38. The zero-order chi connectivity index (χ0) is 12.3. The average molecular weight is 261 g/mol. The smallest absolute Gasteiger partial charge is 0.240 e. The van der Waals surface area contributed by atoms with E-state index in [0.29, 0.717) is 5.69 Å². The van der Waals surface area contributed by atoms with E-state index in [1.165, 1.54) is 12.1 Å². The Morgan fingerprint density at radius 1 is 1.56 bits per heavy atom. The van der Waals surface area contributed by atoms with Crippen LogP contribution in [0.1, 0.15) is 5.56 Å². The Balaban J connectivity index is 2.99. The van der Waals surface area contributed by atoms with E-state index >= 15 is 0 Å². The monoisotopic (exact) mass is 260 g/mol. The van der Waals surface area contributed by atoms with Crippen molar-refractivity contribution in [1.82, 2.24) is 4.72 Å². The highest BCUT2D eigenvalue weighted by Crippen LogP contribution is 2.17. The summed E-state index contributed by atoms with van der Waals surface area (Å²) in [5.74, 6) is 0. The summed E-state index contributed by atoms with van der Waals surface area (Å²) in [4.78, 5) is 0.119. The van der Waals surface area contributed by atoms with Gasteiger partial charge in [-0.3, -0.25) is 0 Å². The van der Waals surface area contributed by atoms with E-state index in [-0.39, 0.29) is 16.5 Å². The van der Waals surface area contributed by atoms with E-state index in [1.54, 1.807) is 13.0 Å². The van der Waals surface area contributed by atoms with Crippen molar-refractivity contribution in [2.75, 3.05) is 12.3 Å². The van der Waals surface area contributed by atoms with Crippen molar-refractivity contribution < 1.29 is 8.42 Å². The Morgan fingerprint density at radius 3 is 2.69 bits per heavy atom. The molecule has 0 heterocycles. The van der Waals surface area contributed by atoms with Crippen LogP contribution in [0, 0.1) is 6.92 Å². The van der Waals surface area contributed by atoms with Crippen molar-refractivity contribution in [3.05, 3.63) is 35.4 Å². The predicted molar refractivity (Wildman–Crippen MR) is 65.8 cm³/mol. The first-order valence-electron chi connectivity index (χ1n) is 4.52. The van der Waals surface area contributed by atoms with Gasteiger partial charge in [0, 0.05) is 17.3 Å². The number of nitrogens with one attached hydrogen (secondary N) is 1. The summed E-state index contributed by atoms with van der Waals surface area (Å²) < 4.78 is 25.8. The second kappa shape index (κ2) is 4.86. The zero-order valence-corrected chi connectivity index (χ0v) is 10.4. The minimum Gasteiger partial charge on any atom is -0.398 e. The van der Waals surface area contributed by atoms with E-state index in [1.807, 2.05) is 0 Å². The Kier molecular flexibility index (Phi) is 3.96. The van der Waals surface area contributed by atoms with Gasteiger partial charge in [0.15, 0.2) is 0 Å². The van der Waals surface area contributed by atoms with Crippen LogP contribution in [0.5, 0.6) is 0 Å². The molecule has 0 aliphatic rings. The maximum absolute atomic E-state index is 11.7. The third kappa shape index (κ3) is 3.23. The van der Waals surface area contributed by atoms with Crippen LogP contribution in [-0.2, 0) is 10.0 Å². The highest BCUT2D eigenvalue weighted by molar-refractivity contribution is 7.89. The molecule has 0 saturated heterocycles. The SMILES string of the molecule is C=C(Cl)CNS(=O)(=O)c1ccc(C)c(N)c1. The van der Waals surface area contributed by atoms with Crippen molar-refractivity contribution >= 4 is 27.3 Å². The van der Waals surface area contributed by atoms with Crippen molar-refractivity contribution in [2.24, 2.45) is 0 Å². The van der Waals surface area contributed by atoms with Gasteiger partial charge < -0.3 is 5.73 Å². The van der Waals surface area contributed by atoms with Gasteiger partial charge in [-0.05, 0) is 24.6 Å². The summed E-state index contributed by atoms with van der Waals surface area (Å²) in [6.07, 6.45) is 0. The fourth-order valence-electron chi connectivity index (χ4n) is 1.04. The summed E-state index contributed by atoms with van der Waals surface area (Å²) in [6.45, 7) is 5.20. The van der Waals surface area contributed by atoms with Gasteiger partial charge in [-0.15, -0.1) is 0 Å². The lowest BCUT2D eigenvalue weighted by atomic mass is 10.2. The van der Waals surface area contributed by atoms with Crippen LogP contribution in [0.3, 0.4) is 0 Å². The maximum Gasteiger partial charge on any atom is 0.240 e. The zero-order valence-electron chi connectivity index (χ0n) is 8.83. The quantitative estimate of drug-likeness (QED) is 0.808. The van der Waals surface area contributed by atoms with E-state index in [2.05, 4.69) is 11.3 Å². The average Bonchev–Trinajstić information content (AvgIpc) is 2.19. The van der Waals surface area contributed by atoms with E-state index in [9.17, 15) is 8.42 Å². The molecule has 4 nitrogen and oxygen atoms in total. The van der Waals surface area contributed by atoms with Gasteiger partial charge in [0.05, 0.1) is 4.90 Å². The van der Waals surface area contributed by atoms with Crippen LogP contribution in [0.2, 0.25) is 0 Å². The molecule has 3 N–H and O–H groups in total. The molecular formula is C10H13ClN2O2S. The summed E-state index contributed by atoms with van der Waals surface area (Å²) in [5, 5.41) is 0.226. The molecule has 1 aromatic carbocycles. The second-order valence-electron chi connectivity index (χ2n) is 3.36. The molecule has 6 heteroatoms.